The molecule has 3 aromatic rings. The summed E-state index contributed by atoms with van der Waals surface area (Å²) in [6.07, 6.45) is 2.81. The molecule has 0 saturated carbocycles. The third-order valence-electron chi connectivity index (χ3n) is 4.18. The molecule has 3 rings (SSSR count). The van der Waals surface area contributed by atoms with Crippen molar-refractivity contribution in [2.24, 2.45) is 0 Å². The molecule has 2 aromatic carbocycles. The number of hydrogen-bond donors (Lipinski definition) is 0. The van der Waals surface area contributed by atoms with Crippen LogP contribution in [0.5, 0.6) is 0 Å². The molecule has 1 aromatic heterocycles. The monoisotopic (exact) mass is 334 g/mol. The number of oxazole rings is 1. The maximum Gasteiger partial charge on any atom is 0.228 e. The summed E-state index contributed by atoms with van der Waals surface area (Å²) in [4.78, 5) is 18.6. The zero-order valence-electron chi connectivity index (χ0n) is 14.6. The van der Waals surface area contributed by atoms with Crippen molar-refractivity contribution >= 4 is 5.91 Å². The van der Waals surface area contributed by atoms with Crippen LogP contribution in [0.4, 0.5) is 0 Å². The molecule has 0 N–H and O–H groups in total. The molecule has 25 heavy (non-hydrogen) atoms. The summed E-state index contributed by atoms with van der Waals surface area (Å²) in [6.45, 7) is 2.72. The number of hydrogen-bond acceptors (Lipinski definition) is 3. The first kappa shape index (κ1) is 17.0. The fraction of sp³-hybridized carbons (Fsp3) is 0.238. The largest absolute Gasteiger partial charge is 0.444 e. The Morgan fingerprint density at radius 3 is 2.40 bits per heavy atom. The van der Waals surface area contributed by atoms with Crippen molar-refractivity contribution in [3.63, 3.8) is 0 Å². The van der Waals surface area contributed by atoms with Crippen LogP contribution in [-0.4, -0.2) is 22.8 Å². The van der Waals surface area contributed by atoms with E-state index in [1.807, 2.05) is 37.4 Å². The van der Waals surface area contributed by atoms with Gasteiger partial charge < -0.3 is 9.32 Å². The third-order valence-corrected chi connectivity index (χ3v) is 4.18. The topological polar surface area (TPSA) is 46.3 Å². The summed E-state index contributed by atoms with van der Waals surface area (Å²) in [6, 6.07) is 18.0. The molecule has 4 heteroatoms. The molecule has 0 bridgehead atoms. The molecule has 0 aliphatic heterocycles. The molecular weight excluding hydrogens is 312 g/mol. The van der Waals surface area contributed by atoms with E-state index >= 15 is 0 Å². The highest BCUT2D eigenvalue weighted by Gasteiger charge is 2.14. The molecule has 0 radical (unpaired) electrons. The Morgan fingerprint density at radius 2 is 1.72 bits per heavy atom. The van der Waals surface area contributed by atoms with Crippen molar-refractivity contribution < 1.29 is 9.21 Å². The number of aryl methyl sites for hydroxylation is 1. The highest BCUT2D eigenvalue weighted by molar-refractivity contribution is 5.78. The summed E-state index contributed by atoms with van der Waals surface area (Å²) in [5.74, 6) is 0.564. The van der Waals surface area contributed by atoms with Gasteiger partial charge in [-0.25, -0.2) is 4.98 Å². The molecule has 0 atom stereocenters. The standard InChI is InChI=1S/C21H22N2O2/c1-3-16-9-11-17(12-10-16)14-23(2)20(24)13-19-15-25-21(22-19)18-7-5-4-6-8-18/h4-12,15H,3,13-14H2,1-2H3. The Kier molecular flexibility index (Phi) is 5.29. The van der Waals surface area contributed by atoms with Gasteiger partial charge in [0.2, 0.25) is 11.8 Å². The summed E-state index contributed by atoms with van der Waals surface area (Å²) in [5.41, 5.74) is 3.98. The summed E-state index contributed by atoms with van der Waals surface area (Å²) in [5, 5.41) is 0. The molecule has 0 aliphatic carbocycles. The normalized spacial score (nSPS) is 10.6. The summed E-state index contributed by atoms with van der Waals surface area (Å²) >= 11 is 0. The van der Waals surface area contributed by atoms with Crippen molar-refractivity contribution in [1.82, 2.24) is 9.88 Å². The van der Waals surface area contributed by atoms with Gasteiger partial charge in [-0.2, -0.15) is 0 Å². The Morgan fingerprint density at radius 1 is 1.04 bits per heavy atom. The van der Waals surface area contributed by atoms with E-state index in [0.29, 0.717) is 18.1 Å². The number of nitrogens with zero attached hydrogens (tertiary/aromatic N) is 2. The van der Waals surface area contributed by atoms with Gasteiger partial charge in [0.15, 0.2) is 0 Å². The predicted molar refractivity (Wildman–Crippen MR) is 97.9 cm³/mol. The summed E-state index contributed by atoms with van der Waals surface area (Å²) in [7, 11) is 1.81. The lowest BCUT2D eigenvalue weighted by Gasteiger charge is -2.16. The SMILES string of the molecule is CCc1ccc(CN(C)C(=O)Cc2coc(-c3ccccc3)n2)cc1. The zero-order valence-corrected chi connectivity index (χ0v) is 14.6. The van der Waals surface area contributed by atoms with Crippen LogP contribution in [0, 0.1) is 0 Å². The predicted octanol–water partition coefficient (Wildman–Crippen LogP) is 4.11. The van der Waals surface area contributed by atoms with E-state index in [1.165, 1.54) is 5.56 Å². The van der Waals surface area contributed by atoms with Gasteiger partial charge in [-0.3, -0.25) is 4.79 Å². The lowest BCUT2D eigenvalue weighted by molar-refractivity contribution is -0.129. The minimum atomic E-state index is 0.0208. The quantitative estimate of drug-likeness (QED) is 0.681. The maximum absolute atomic E-state index is 12.4. The van der Waals surface area contributed by atoms with E-state index in [4.69, 9.17) is 4.42 Å². The maximum atomic E-state index is 12.4. The summed E-state index contributed by atoms with van der Waals surface area (Å²) < 4.78 is 5.49. The second-order valence-electron chi connectivity index (χ2n) is 6.11. The fourth-order valence-corrected chi connectivity index (χ4v) is 2.63. The highest BCUT2D eigenvalue weighted by Crippen LogP contribution is 2.18. The highest BCUT2D eigenvalue weighted by atomic mass is 16.3. The van der Waals surface area contributed by atoms with E-state index in [2.05, 4.69) is 36.2 Å². The smallest absolute Gasteiger partial charge is 0.228 e. The Bertz CT molecular complexity index is 823. The average molecular weight is 334 g/mol. The van der Waals surface area contributed by atoms with Gasteiger partial charge in [-0.1, -0.05) is 49.4 Å². The van der Waals surface area contributed by atoms with Gasteiger partial charge in [0.25, 0.3) is 0 Å². The van der Waals surface area contributed by atoms with Crippen LogP contribution in [0.25, 0.3) is 11.5 Å². The minimum Gasteiger partial charge on any atom is -0.444 e. The molecule has 128 valence electrons. The second kappa shape index (κ2) is 7.79. The Balaban J connectivity index is 1.60. The fourth-order valence-electron chi connectivity index (χ4n) is 2.63. The van der Waals surface area contributed by atoms with E-state index < -0.39 is 0 Å². The van der Waals surface area contributed by atoms with Crippen LogP contribution in [0.15, 0.2) is 65.3 Å². The second-order valence-corrected chi connectivity index (χ2v) is 6.11. The third kappa shape index (κ3) is 4.35. The first-order chi connectivity index (χ1) is 12.2. The van der Waals surface area contributed by atoms with Crippen LogP contribution < -0.4 is 0 Å². The van der Waals surface area contributed by atoms with Crippen molar-refractivity contribution in [2.45, 2.75) is 26.3 Å². The number of carbonyl (C=O) groups is 1. The van der Waals surface area contributed by atoms with E-state index in [9.17, 15) is 4.79 Å². The van der Waals surface area contributed by atoms with Gasteiger partial charge in [-0.05, 0) is 29.7 Å². The number of rotatable bonds is 6. The van der Waals surface area contributed by atoms with Crippen LogP contribution in [0.3, 0.4) is 0 Å². The van der Waals surface area contributed by atoms with Gasteiger partial charge in [0.05, 0.1) is 12.1 Å². The zero-order chi connectivity index (χ0) is 17.6. The van der Waals surface area contributed by atoms with Crippen molar-refractivity contribution in [3.05, 3.63) is 77.7 Å². The molecule has 0 unspecified atom stereocenters. The van der Waals surface area contributed by atoms with E-state index in [1.54, 1.807) is 11.2 Å². The number of amides is 1. The van der Waals surface area contributed by atoms with Gasteiger partial charge >= 0.3 is 0 Å². The lowest BCUT2D eigenvalue weighted by Crippen LogP contribution is -2.27. The molecule has 1 heterocycles. The Labute approximate surface area is 148 Å². The average Bonchev–Trinajstić information content (AvgIpc) is 3.11. The Hall–Kier alpha value is -2.88. The van der Waals surface area contributed by atoms with Crippen LogP contribution in [-0.2, 0) is 24.2 Å². The van der Waals surface area contributed by atoms with Crippen LogP contribution in [0.1, 0.15) is 23.7 Å². The first-order valence-corrected chi connectivity index (χ1v) is 8.47. The molecule has 0 saturated heterocycles. The number of benzene rings is 2. The molecule has 0 aliphatic rings. The lowest BCUT2D eigenvalue weighted by atomic mass is 10.1. The molecule has 0 spiro atoms. The van der Waals surface area contributed by atoms with E-state index in [0.717, 1.165) is 17.5 Å². The van der Waals surface area contributed by atoms with Crippen molar-refractivity contribution in [1.29, 1.82) is 0 Å². The minimum absolute atomic E-state index is 0.0208. The number of aromatic nitrogens is 1. The van der Waals surface area contributed by atoms with Gasteiger partial charge in [0.1, 0.15) is 6.26 Å². The van der Waals surface area contributed by atoms with E-state index in [-0.39, 0.29) is 12.3 Å². The molecule has 0 fully saturated rings. The molecular formula is C21H22N2O2. The van der Waals surface area contributed by atoms with Crippen molar-refractivity contribution in [2.75, 3.05) is 7.05 Å². The van der Waals surface area contributed by atoms with Crippen molar-refractivity contribution in [3.8, 4) is 11.5 Å². The molecule has 4 nitrogen and oxygen atoms in total. The number of likely N-dealkylation sites (N-methyl/N-ethyl adjacent to an activating group) is 1. The number of carbonyl (C=O) groups excluding carboxylic acids is 1. The van der Waals surface area contributed by atoms with Gasteiger partial charge in [-0.15, -0.1) is 0 Å². The van der Waals surface area contributed by atoms with Gasteiger partial charge in [0, 0.05) is 19.2 Å². The van der Waals surface area contributed by atoms with Crippen LogP contribution >= 0.6 is 0 Å². The first-order valence-electron chi connectivity index (χ1n) is 8.47. The van der Waals surface area contributed by atoms with Crippen LogP contribution in [0.2, 0.25) is 0 Å². The molecule has 1 amide bonds.